The standard InChI is InChI=1S/C24H31N3O/c1-4-20(5-2)24(28)25-18(3)23-26-21-15-9-10-16-22(21)27(23)17-11-14-19-12-7-6-8-13-19/h6-10,12-13,15-16,18,20H,4-5,11,14,17H2,1-3H3,(H,25,28). The van der Waals surface area contributed by atoms with Crippen molar-refractivity contribution in [2.45, 2.75) is 59.0 Å². The number of para-hydroxylation sites is 2. The molecule has 0 bridgehead atoms. The van der Waals surface area contributed by atoms with Crippen LogP contribution in [0.15, 0.2) is 54.6 Å². The number of aromatic nitrogens is 2. The molecule has 1 atom stereocenters. The van der Waals surface area contributed by atoms with Crippen molar-refractivity contribution in [2.75, 3.05) is 0 Å². The Morgan fingerprint density at radius 2 is 1.71 bits per heavy atom. The second-order valence-electron chi connectivity index (χ2n) is 7.44. The molecule has 3 aromatic rings. The van der Waals surface area contributed by atoms with E-state index in [1.54, 1.807) is 0 Å². The largest absolute Gasteiger partial charge is 0.346 e. The molecule has 1 aromatic heterocycles. The van der Waals surface area contributed by atoms with Gasteiger partial charge in [-0.15, -0.1) is 0 Å². The first-order valence-corrected chi connectivity index (χ1v) is 10.4. The second-order valence-corrected chi connectivity index (χ2v) is 7.44. The van der Waals surface area contributed by atoms with Gasteiger partial charge in [0.25, 0.3) is 0 Å². The summed E-state index contributed by atoms with van der Waals surface area (Å²) in [5, 5.41) is 3.19. The summed E-state index contributed by atoms with van der Waals surface area (Å²) in [4.78, 5) is 17.4. The Balaban J connectivity index is 1.79. The average molecular weight is 378 g/mol. The summed E-state index contributed by atoms with van der Waals surface area (Å²) in [7, 11) is 0. The highest BCUT2D eigenvalue weighted by atomic mass is 16.1. The second kappa shape index (κ2) is 9.54. The van der Waals surface area contributed by atoms with Crippen LogP contribution in [0.3, 0.4) is 0 Å². The molecule has 148 valence electrons. The molecule has 0 saturated heterocycles. The van der Waals surface area contributed by atoms with Gasteiger partial charge in [-0.25, -0.2) is 4.98 Å². The zero-order chi connectivity index (χ0) is 19.9. The number of rotatable bonds is 9. The van der Waals surface area contributed by atoms with Crippen LogP contribution < -0.4 is 5.32 Å². The Bertz CT molecular complexity index is 897. The summed E-state index contributed by atoms with van der Waals surface area (Å²) in [6.45, 7) is 7.06. The zero-order valence-corrected chi connectivity index (χ0v) is 17.2. The van der Waals surface area contributed by atoms with Crippen LogP contribution in [0.5, 0.6) is 0 Å². The van der Waals surface area contributed by atoms with Crippen LogP contribution in [0.4, 0.5) is 0 Å². The Hall–Kier alpha value is -2.62. The van der Waals surface area contributed by atoms with Crippen molar-refractivity contribution in [1.82, 2.24) is 14.9 Å². The van der Waals surface area contributed by atoms with Crippen LogP contribution in [0, 0.1) is 5.92 Å². The summed E-state index contributed by atoms with van der Waals surface area (Å²) in [5.74, 6) is 1.13. The van der Waals surface area contributed by atoms with E-state index >= 15 is 0 Å². The SMILES string of the molecule is CCC(CC)C(=O)NC(C)c1nc2ccccc2n1CCCc1ccccc1. The number of nitrogens with zero attached hydrogens (tertiary/aromatic N) is 2. The molecule has 0 fully saturated rings. The predicted octanol–water partition coefficient (Wildman–Crippen LogP) is 5.28. The third-order valence-electron chi connectivity index (χ3n) is 5.48. The summed E-state index contributed by atoms with van der Waals surface area (Å²) < 4.78 is 2.27. The van der Waals surface area contributed by atoms with Crippen molar-refractivity contribution in [3.05, 3.63) is 66.0 Å². The molecule has 0 aliphatic carbocycles. The molecule has 4 heteroatoms. The van der Waals surface area contributed by atoms with Crippen LogP contribution in [0.25, 0.3) is 11.0 Å². The number of fused-ring (bicyclic) bond motifs is 1. The minimum absolute atomic E-state index is 0.0679. The minimum atomic E-state index is -0.114. The summed E-state index contributed by atoms with van der Waals surface area (Å²) in [6, 6.07) is 18.7. The van der Waals surface area contributed by atoms with Gasteiger partial charge in [0, 0.05) is 12.5 Å². The van der Waals surface area contributed by atoms with Gasteiger partial charge in [0.2, 0.25) is 5.91 Å². The lowest BCUT2D eigenvalue weighted by atomic mass is 10.0. The molecule has 0 saturated carbocycles. The number of hydrogen-bond acceptors (Lipinski definition) is 2. The summed E-state index contributed by atoms with van der Waals surface area (Å²) >= 11 is 0. The number of benzene rings is 2. The third-order valence-corrected chi connectivity index (χ3v) is 5.48. The third kappa shape index (κ3) is 4.61. The topological polar surface area (TPSA) is 46.9 Å². The quantitative estimate of drug-likeness (QED) is 0.551. The molecule has 1 amide bonds. The van der Waals surface area contributed by atoms with E-state index in [4.69, 9.17) is 4.98 Å². The summed E-state index contributed by atoms with van der Waals surface area (Å²) in [6.07, 6.45) is 3.79. The molecule has 0 spiro atoms. The van der Waals surface area contributed by atoms with Gasteiger partial charge in [0.1, 0.15) is 5.82 Å². The zero-order valence-electron chi connectivity index (χ0n) is 17.2. The van der Waals surface area contributed by atoms with Crippen LogP contribution in [0.2, 0.25) is 0 Å². The van der Waals surface area contributed by atoms with E-state index in [2.05, 4.69) is 66.2 Å². The molecule has 4 nitrogen and oxygen atoms in total. The fourth-order valence-corrected chi connectivity index (χ4v) is 3.80. The van der Waals surface area contributed by atoms with Gasteiger partial charge in [-0.1, -0.05) is 56.3 Å². The number of imidazole rings is 1. The van der Waals surface area contributed by atoms with Gasteiger partial charge in [-0.2, -0.15) is 0 Å². The van der Waals surface area contributed by atoms with Crippen LogP contribution >= 0.6 is 0 Å². The molecule has 0 aliphatic heterocycles. The van der Waals surface area contributed by atoms with Gasteiger partial charge >= 0.3 is 0 Å². The number of nitrogens with one attached hydrogen (secondary N) is 1. The van der Waals surface area contributed by atoms with Crippen molar-refractivity contribution in [1.29, 1.82) is 0 Å². The molecular weight excluding hydrogens is 346 g/mol. The molecular formula is C24H31N3O. The first kappa shape index (κ1) is 20.1. The lowest BCUT2D eigenvalue weighted by Gasteiger charge is -2.19. The monoisotopic (exact) mass is 377 g/mol. The number of hydrogen-bond donors (Lipinski definition) is 1. The van der Waals surface area contributed by atoms with Crippen LogP contribution in [-0.2, 0) is 17.8 Å². The number of carbonyl (C=O) groups is 1. The molecule has 2 aromatic carbocycles. The molecule has 1 unspecified atom stereocenters. The molecule has 1 heterocycles. The maximum atomic E-state index is 12.6. The van der Waals surface area contributed by atoms with E-state index < -0.39 is 0 Å². The molecule has 1 N–H and O–H groups in total. The Morgan fingerprint density at radius 3 is 2.43 bits per heavy atom. The normalized spacial score (nSPS) is 12.4. The molecule has 3 rings (SSSR count). The van der Waals surface area contributed by atoms with Gasteiger partial charge in [0.05, 0.1) is 17.1 Å². The first-order chi connectivity index (χ1) is 13.6. The number of aryl methyl sites for hydroxylation is 2. The Labute approximate surface area is 168 Å². The van der Waals surface area contributed by atoms with E-state index in [-0.39, 0.29) is 17.9 Å². The van der Waals surface area contributed by atoms with E-state index in [1.807, 2.05) is 19.1 Å². The van der Waals surface area contributed by atoms with Crippen molar-refractivity contribution < 1.29 is 4.79 Å². The van der Waals surface area contributed by atoms with Crippen molar-refractivity contribution in [2.24, 2.45) is 5.92 Å². The average Bonchev–Trinajstić information content (AvgIpc) is 3.09. The summed E-state index contributed by atoms with van der Waals surface area (Å²) in [5.41, 5.74) is 3.47. The van der Waals surface area contributed by atoms with E-state index in [0.29, 0.717) is 0 Å². The Morgan fingerprint density at radius 1 is 1.04 bits per heavy atom. The Kier molecular flexibility index (Phi) is 6.85. The number of amides is 1. The lowest BCUT2D eigenvalue weighted by Crippen LogP contribution is -2.33. The fraction of sp³-hybridized carbons (Fsp3) is 0.417. The highest BCUT2D eigenvalue weighted by molar-refractivity contribution is 5.79. The van der Waals surface area contributed by atoms with Gasteiger partial charge in [-0.05, 0) is 50.3 Å². The maximum Gasteiger partial charge on any atom is 0.223 e. The van der Waals surface area contributed by atoms with E-state index in [9.17, 15) is 4.79 Å². The van der Waals surface area contributed by atoms with Crippen molar-refractivity contribution in [3.8, 4) is 0 Å². The van der Waals surface area contributed by atoms with Gasteiger partial charge in [-0.3, -0.25) is 4.79 Å². The smallest absolute Gasteiger partial charge is 0.223 e. The highest BCUT2D eigenvalue weighted by Crippen LogP contribution is 2.22. The first-order valence-electron chi connectivity index (χ1n) is 10.4. The molecule has 0 aliphatic rings. The lowest BCUT2D eigenvalue weighted by molar-refractivity contribution is -0.125. The fourth-order valence-electron chi connectivity index (χ4n) is 3.80. The van der Waals surface area contributed by atoms with Gasteiger partial charge in [0.15, 0.2) is 0 Å². The molecule has 0 radical (unpaired) electrons. The van der Waals surface area contributed by atoms with Crippen LogP contribution in [-0.4, -0.2) is 15.5 Å². The van der Waals surface area contributed by atoms with E-state index in [0.717, 1.165) is 49.1 Å². The van der Waals surface area contributed by atoms with Crippen molar-refractivity contribution >= 4 is 16.9 Å². The molecule has 28 heavy (non-hydrogen) atoms. The highest BCUT2D eigenvalue weighted by Gasteiger charge is 2.21. The van der Waals surface area contributed by atoms with E-state index in [1.165, 1.54) is 5.56 Å². The number of carbonyl (C=O) groups excluding carboxylic acids is 1. The predicted molar refractivity (Wildman–Crippen MR) is 115 cm³/mol. The minimum Gasteiger partial charge on any atom is -0.346 e. The van der Waals surface area contributed by atoms with Gasteiger partial charge < -0.3 is 9.88 Å². The van der Waals surface area contributed by atoms with Crippen molar-refractivity contribution in [3.63, 3.8) is 0 Å². The maximum absolute atomic E-state index is 12.6. The van der Waals surface area contributed by atoms with Crippen LogP contribution in [0.1, 0.15) is 57.5 Å².